The molecule has 2 saturated heterocycles. The molecule has 0 aromatic heterocycles. The van der Waals surface area contributed by atoms with Crippen molar-refractivity contribution in [3.63, 3.8) is 0 Å². The number of unbranched alkanes of at least 4 members (excludes halogenated alkanes) is 8. The van der Waals surface area contributed by atoms with Gasteiger partial charge in [0.05, 0.1) is 23.0 Å². The van der Waals surface area contributed by atoms with Gasteiger partial charge < -0.3 is 9.84 Å². The molecule has 0 aliphatic carbocycles. The molecule has 3 aliphatic rings. The van der Waals surface area contributed by atoms with E-state index in [0.717, 1.165) is 51.4 Å². The van der Waals surface area contributed by atoms with Gasteiger partial charge in [0.25, 0.3) is 0 Å². The van der Waals surface area contributed by atoms with Crippen LogP contribution >= 0.6 is 0 Å². The molecule has 0 radical (unpaired) electrons. The lowest BCUT2D eigenvalue weighted by atomic mass is 9.73. The third kappa shape index (κ3) is 4.02. The zero-order valence-electron chi connectivity index (χ0n) is 17.1. The summed E-state index contributed by atoms with van der Waals surface area (Å²) < 4.78 is 6.01. The van der Waals surface area contributed by atoms with Crippen molar-refractivity contribution in [2.45, 2.75) is 89.3 Å². The molecule has 3 heterocycles. The number of aliphatic carboxylic acids is 1. The van der Waals surface area contributed by atoms with Crippen molar-refractivity contribution in [1.29, 1.82) is 0 Å². The molecular weight excluding hydrogens is 358 g/mol. The van der Waals surface area contributed by atoms with E-state index in [2.05, 4.69) is 0 Å². The van der Waals surface area contributed by atoms with E-state index in [4.69, 9.17) is 9.84 Å². The summed E-state index contributed by atoms with van der Waals surface area (Å²) in [4.78, 5) is 37.6. The smallest absolute Gasteiger partial charge is 0.303 e. The molecule has 4 unspecified atom stereocenters. The van der Waals surface area contributed by atoms with Gasteiger partial charge >= 0.3 is 5.97 Å². The third-order valence-corrected chi connectivity index (χ3v) is 6.59. The number of carboxylic acids is 1. The Morgan fingerprint density at radius 2 is 1.32 bits per heavy atom. The standard InChI is InChI=1S/C22H33NO5/c1-21-13-14-22(2,28-21)18-17(21)19(26)23(20(18)27)15-11-9-7-5-3-4-6-8-10-12-16(24)25/h13-14,17-18H,3-12,15H2,1-2H3,(H,24,25). The minimum atomic E-state index is -0.710. The zero-order chi connectivity index (χ0) is 20.4. The van der Waals surface area contributed by atoms with Crippen LogP contribution in [0.3, 0.4) is 0 Å². The van der Waals surface area contributed by atoms with Crippen LogP contribution in [0.5, 0.6) is 0 Å². The maximum absolute atomic E-state index is 12.8. The monoisotopic (exact) mass is 391 g/mol. The molecule has 28 heavy (non-hydrogen) atoms. The van der Waals surface area contributed by atoms with Crippen molar-refractivity contribution in [3.8, 4) is 0 Å². The van der Waals surface area contributed by atoms with Crippen LogP contribution in [0.1, 0.15) is 78.1 Å². The normalized spacial score (nSPS) is 33.1. The number of rotatable bonds is 12. The van der Waals surface area contributed by atoms with Gasteiger partial charge in [-0.15, -0.1) is 0 Å². The van der Waals surface area contributed by atoms with E-state index >= 15 is 0 Å². The average Bonchev–Trinajstić information content (AvgIpc) is 3.17. The summed E-state index contributed by atoms with van der Waals surface area (Å²) in [5.74, 6) is -1.57. The van der Waals surface area contributed by atoms with E-state index in [-0.39, 0.29) is 30.1 Å². The van der Waals surface area contributed by atoms with Gasteiger partial charge in [0.1, 0.15) is 0 Å². The summed E-state index contributed by atoms with van der Waals surface area (Å²) in [5.41, 5.74) is -1.27. The SMILES string of the molecule is CC12C=CC(C)(O1)C1C(=O)N(CCCCCCCCCCCC(=O)O)C(=O)C12. The molecule has 1 N–H and O–H groups in total. The van der Waals surface area contributed by atoms with Crippen LogP contribution in [-0.4, -0.2) is 45.5 Å². The van der Waals surface area contributed by atoms with Gasteiger partial charge in [0.15, 0.2) is 0 Å². The number of ether oxygens (including phenoxy) is 1. The van der Waals surface area contributed by atoms with E-state index in [1.165, 1.54) is 11.3 Å². The maximum Gasteiger partial charge on any atom is 0.303 e. The van der Waals surface area contributed by atoms with Crippen LogP contribution in [0, 0.1) is 11.8 Å². The maximum atomic E-state index is 12.8. The highest BCUT2D eigenvalue weighted by Crippen LogP contribution is 2.56. The number of carboxylic acid groups (broad SMARTS) is 1. The van der Waals surface area contributed by atoms with Crippen molar-refractivity contribution < 1.29 is 24.2 Å². The van der Waals surface area contributed by atoms with E-state index in [9.17, 15) is 14.4 Å². The number of carbonyl (C=O) groups excluding carboxylic acids is 2. The summed E-state index contributed by atoms with van der Waals surface area (Å²) in [6.07, 6.45) is 13.5. The van der Waals surface area contributed by atoms with Gasteiger partial charge in [0, 0.05) is 13.0 Å². The Morgan fingerprint density at radius 1 is 0.893 bits per heavy atom. The highest BCUT2D eigenvalue weighted by Gasteiger charge is 2.70. The number of amides is 2. The lowest BCUT2D eigenvalue weighted by Gasteiger charge is -2.25. The molecule has 3 rings (SSSR count). The van der Waals surface area contributed by atoms with E-state index < -0.39 is 17.2 Å². The molecule has 0 aromatic carbocycles. The second-order valence-corrected chi connectivity index (χ2v) is 8.91. The van der Waals surface area contributed by atoms with Crippen LogP contribution in [0.15, 0.2) is 12.2 Å². The molecule has 4 atom stereocenters. The van der Waals surface area contributed by atoms with E-state index in [1.807, 2.05) is 26.0 Å². The number of nitrogens with zero attached hydrogens (tertiary/aromatic N) is 1. The van der Waals surface area contributed by atoms with Crippen molar-refractivity contribution in [3.05, 3.63) is 12.2 Å². The number of likely N-dealkylation sites (tertiary alicyclic amines) is 1. The fraction of sp³-hybridized carbons (Fsp3) is 0.773. The molecule has 0 aromatic rings. The lowest BCUT2D eigenvalue weighted by molar-refractivity contribution is -0.146. The van der Waals surface area contributed by atoms with Gasteiger partial charge in [-0.1, -0.05) is 57.1 Å². The number of imide groups is 1. The molecule has 156 valence electrons. The summed E-state index contributed by atoms with van der Waals surface area (Å²) in [7, 11) is 0. The topological polar surface area (TPSA) is 83.9 Å². The quantitative estimate of drug-likeness (QED) is 0.312. The number of carbonyl (C=O) groups is 3. The van der Waals surface area contributed by atoms with Gasteiger partial charge in [-0.25, -0.2) is 0 Å². The predicted molar refractivity (Wildman–Crippen MR) is 105 cm³/mol. The summed E-state index contributed by atoms with van der Waals surface area (Å²) in [6, 6.07) is 0. The van der Waals surface area contributed by atoms with Crippen molar-refractivity contribution in [2.75, 3.05) is 6.54 Å². The van der Waals surface area contributed by atoms with Gasteiger partial charge in [-0.05, 0) is 26.7 Å². The second-order valence-electron chi connectivity index (χ2n) is 8.91. The Kier molecular flexibility index (Phi) is 6.28. The Labute approximate surface area is 167 Å². The third-order valence-electron chi connectivity index (χ3n) is 6.59. The van der Waals surface area contributed by atoms with Gasteiger partial charge in [0.2, 0.25) is 11.8 Å². The molecular formula is C22H33NO5. The predicted octanol–water partition coefficient (Wildman–Crippen LogP) is 3.69. The lowest BCUT2D eigenvalue weighted by Crippen LogP contribution is -2.39. The first-order valence-corrected chi connectivity index (χ1v) is 10.8. The minimum absolute atomic E-state index is 0.0630. The van der Waals surface area contributed by atoms with Crippen molar-refractivity contribution in [2.24, 2.45) is 11.8 Å². The number of hydrogen-bond acceptors (Lipinski definition) is 4. The molecule has 0 saturated carbocycles. The Morgan fingerprint density at radius 3 is 1.79 bits per heavy atom. The van der Waals surface area contributed by atoms with Gasteiger partial charge in [-0.3, -0.25) is 19.3 Å². The highest BCUT2D eigenvalue weighted by molar-refractivity contribution is 6.07. The van der Waals surface area contributed by atoms with E-state index in [1.54, 1.807) is 0 Å². The summed E-state index contributed by atoms with van der Waals surface area (Å²) in [6.45, 7) is 4.34. The van der Waals surface area contributed by atoms with Crippen LogP contribution in [0.2, 0.25) is 0 Å². The molecule has 2 amide bonds. The molecule has 2 fully saturated rings. The summed E-state index contributed by atoms with van der Waals surface area (Å²) in [5, 5.41) is 8.59. The first-order chi connectivity index (χ1) is 13.3. The first-order valence-electron chi connectivity index (χ1n) is 10.8. The average molecular weight is 392 g/mol. The summed E-state index contributed by atoms with van der Waals surface area (Å²) >= 11 is 0. The molecule has 6 heteroatoms. The second kappa shape index (κ2) is 8.36. The number of fused-ring (bicyclic) bond motifs is 5. The fourth-order valence-electron chi connectivity index (χ4n) is 5.09. The minimum Gasteiger partial charge on any atom is -0.481 e. The highest BCUT2D eigenvalue weighted by atomic mass is 16.5. The van der Waals surface area contributed by atoms with Crippen LogP contribution < -0.4 is 0 Å². The van der Waals surface area contributed by atoms with Gasteiger partial charge in [-0.2, -0.15) is 0 Å². The van der Waals surface area contributed by atoms with E-state index in [0.29, 0.717) is 6.54 Å². The fourth-order valence-corrected chi connectivity index (χ4v) is 5.09. The molecule has 6 nitrogen and oxygen atoms in total. The van der Waals surface area contributed by atoms with Crippen molar-refractivity contribution >= 4 is 17.8 Å². The number of hydrogen-bond donors (Lipinski definition) is 1. The van der Waals surface area contributed by atoms with Crippen molar-refractivity contribution in [1.82, 2.24) is 4.90 Å². The molecule has 3 aliphatic heterocycles. The zero-order valence-corrected chi connectivity index (χ0v) is 17.1. The molecule has 2 bridgehead atoms. The van der Waals surface area contributed by atoms with Crippen LogP contribution in [-0.2, 0) is 19.1 Å². The molecule has 0 spiro atoms. The Bertz CT molecular complexity index is 623. The first kappa shape index (κ1) is 21.0. The van der Waals surface area contributed by atoms with Crippen LogP contribution in [0.25, 0.3) is 0 Å². The Hall–Kier alpha value is -1.69. The van der Waals surface area contributed by atoms with Crippen LogP contribution in [0.4, 0.5) is 0 Å². The Balaban J connectivity index is 1.30. The largest absolute Gasteiger partial charge is 0.481 e.